The number of hydrogen-bond acceptors (Lipinski definition) is 3. The zero-order chi connectivity index (χ0) is 15.5. The lowest BCUT2D eigenvalue weighted by molar-refractivity contribution is -0.116. The van der Waals surface area contributed by atoms with Gasteiger partial charge in [0.05, 0.1) is 13.2 Å². The summed E-state index contributed by atoms with van der Waals surface area (Å²) >= 11 is 0. The van der Waals surface area contributed by atoms with E-state index >= 15 is 0 Å². The van der Waals surface area contributed by atoms with Crippen molar-refractivity contribution in [3.63, 3.8) is 0 Å². The van der Waals surface area contributed by atoms with E-state index in [4.69, 9.17) is 4.74 Å². The molecule has 0 atom stereocenters. The molecule has 0 radical (unpaired) electrons. The van der Waals surface area contributed by atoms with Gasteiger partial charge in [0.1, 0.15) is 0 Å². The molecule has 0 saturated carbocycles. The van der Waals surface area contributed by atoms with Gasteiger partial charge in [-0.25, -0.2) is 0 Å². The van der Waals surface area contributed by atoms with E-state index < -0.39 is 0 Å². The Balaban J connectivity index is 2.10. The largest absolute Gasteiger partial charge is 0.379 e. The summed E-state index contributed by atoms with van der Waals surface area (Å²) < 4.78 is 5.31. The van der Waals surface area contributed by atoms with Crippen molar-refractivity contribution in [3.05, 3.63) is 23.3 Å². The van der Waals surface area contributed by atoms with Crippen LogP contribution in [0.4, 0.5) is 0 Å². The molecule has 4 heteroatoms. The van der Waals surface area contributed by atoms with Gasteiger partial charge < -0.3 is 10.1 Å². The van der Waals surface area contributed by atoms with Gasteiger partial charge in [-0.2, -0.15) is 0 Å². The Morgan fingerprint density at radius 1 is 1.24 bits per heavy atom. The minimum atomic E-state index is 0.0340. The highest BCUT2D eigenvalue weighted by atomic mass is 16.5. The first-order valence-corrected chi connectivity index (χ1v) is 7.96. The summed E-state index contributed by atoms with van der Waals surface area (Å²) in [6.07, 6.45) is 6.89. The number of rotatable bonds is 8. The summed E-state index contributed by atoms with van der Waals surface area (Å²) in [6, 6.07) is 0. The minimum absolute atomic E-state index is 0.0340. The molecule has 0 aromatic rings. The maximum Gasteiger partial charge on any atom is 0.243 e. The van der Waals surface area contributed by atoms with Crippen LogP contribution in [0.3, 0.4) is 0 Å². The molecule has 0 bridgehead atoms. The van der Waals surface area contributed by atoms with E-state index in [1.807, 2.05) is 6.92 Å². The molecule has 1 saturated heterocycles. The molecule has 1 amide bonds. The van der Waals surface area contributed by atoms with Crippen LogP contribution in [0.2, 0.25) is 0 Å². The summed E-state index contributed by atoms with van der Waals surface area (Å²) in [5, 5.41) is 2.96. The fourth-order valence-electron chi connectivity index (χ4n) is 2.27. The topological polar surface area (TPSA) is 41.6 Å². The van der Waals surface area contributed by atoms with Crippen molar-refractivity contribution in [1.82, 2.24) is 10.2 Å². The lowest BCUT2D eigenvalue weighted by Gasteiger charge is -2.26. The standard InChI is InChI=1S/C17H30N2O2/c1-15(2)6-4-7-16(3)14-17(20)18-8-5-9-19-10-12-21-13-11-19/h6,14H,4-5,7-13H2,1-3H3,(H,18,20)/b16-14+. The summed E-state index contributed by atoms with van der Waals surface area (Å²) in [5.74, 6) is 0.0340. The molecule has 1 rings (SSSR count). The molecular weight excluding hydrogens is 264 g/mol. The summed E-state index contributed by atoms with van der Waals surface area (Å²) in [4.78, 5) is 14.2. The number of hydrogen-bond donors (Lipinski definition) is 1. The van der Waals surface area contributed by atoms with Gasteiger partial charge in [-0.05, 0) is 46.6 Å². The van der Waals surface area contributed by atoms with Crippen LogP contribution in [-0.4, -0.2) is 50.2 Å². The number of nitrogens with zero attached hydrogens (tertiary/aromatic N) is 1. The molecule has 1 heterocycles. The molecule has 0 aliphatic carbocycles. The van der Waals surface area contributed by atoms with Gasteiger partial charge >= 0.3 is 0 Å². The third-order valence-electron chi connectivity index (χ3n) is 3.52. The number of allylic oxidation sites excluding steroid dienone is 3. The molecule has 0 aromatic carbocycles. The minimum Gasteiger partial charge on any atom is -0.379 e. The van der Waals surface area contributed by atoms with E-state index in [1.54, 1.807) is 6.08 Å². The monoisotopic (exact) mass is 294 g/mol. The lowest BCUT2D eigenvalue weighted by atomic mass is 10.1. The van der Waals surface area contributed by atoms with Crippen molar-refractivity contribution in [2.75, 3.05) is 39.4 Å². The number of morpholine rings is 1. The zero-order valence-corrected chi connectivity index (χ0v) is 13.8. The predicted octanol–water partition coefficient (Wildman–Crippen LogP) is 2.52. The second-order valence-electron chi connectivity index (χ2n) is 5.91. The van der Waals surface area contributed by atoms with E-state index in [-0.39, 0.29) is 5.91 Å². The zero-order valence-electron chi connectivity index (χ0n) is 13.8. The molecule has 4 nitrogen and oxygen atoms in total. The molecule has 1 fully saturated rings. The third kappa shape index (κ3) is 9.43. The summed E-state index contributed by atoms with van der Waals surface area (Å²) in [5.41, 5.74) is 2.47. The van der Waals surface area contributed by atoms with Gasteiger partial charge in [0, 0.05) is 25.7 Å². The Morgan fingerprint density at radius 2 is 1.95 bits per heavy atom. The molecule has 21 heavy (non-hydrogen) atoms. The molecule has 0 spiro atoms. The van der Waals surface area contributed by atoms with Gasteiger partial charge in [0.15, 0.2) is 0 Å². The SMILES string of the molecule is CC(C)=CCC/C(C)=C/C(=O)NCCCN1CCOCC1. The first-order chi connectivity index (χ1) is 10.1. The molecule has 120 valence electrons. The van der Waals surface area contributed by atoms with Gasteiger partial charge in [0.2, 0.25) is 5.91 Å². The smallest absolute Gasteiger partial charge is 0.243 e. The van der Waals surface area contributed by atoms with Crippen LogP contribution in [0, 0.1) is 0 Å². The normalized spacial score (nSPS) is 16.6. The Kier molecular flexibility index (Phi) is 9.02. The first-order valence-electron chi connectivity index (χ1n) is 7.96. The Labute approximate surface area is 129 Å². The van der Waals surface area contributed by atoms with Crippen molar-refractivity contribution >= 4 is 5.91 Å². The van der Waals surface area contributed by atoms with Crippen LogP contribution < -0.4 is 5.32 Å². The van der Waals surface area contributed by atoms with Crippen molar-refractivity contribution in [3.8, 4) is 0 Å². The number of amides is 1. The number of carbonyl (C=O) groups excluding carboxylic acids is 1. The Morgan fingerprint density at radius 3 is 2.62 bits per heavy atom. The van der Waals surface area contributed by atoms with Gasteiger partial charge in [-0.1, -0.05) is 17.2 Å². The van der Waals surface area contributed by atoms with Crippen LogP contribution >= 0.6 is 0 Å². The average Bonchev–Trinajstić information content (AvgIpc) is 2.44. The van der Waals surface area contributed by atoms with E-state index in [0.29, 0.717) is 0 Å². The van der Waals surface area contributed by atoms with Gasteiger partial charge in [-0.3, -0.25) is 9.69 Å². The maximum atomic E-state index is 11.8. The molecule has 1 N–H and O–H groups in total. The Hall–Kier alpha value is -1.13. The van der Waals surface area contributed by atoms with Crippen molar-refractivity contribution in [2.24, 2.45) is 0 Å². The van der Waals surface area contributed by atoms with E-state index in [9.17, 15) is 4.79 Å². The van der Waals surface area contributed by atoms with Crippen molar-refractivity contribution in [2.45, 2.75) is 40.0 Å². The van der Waals surface area contributed by atoms with Gasteiger partial charge in [-0.15, -0.1) is 0 Å². The van der Waals surface area contributed by atoms with Crippen LogP contribution in [0.1, 0.15) is 40.0 Å². The number of carbonyl (C=O) groups is 1. The predicted molar refractivity (Wildman–Crippen MR) is 87.3 cm³/mol. The molecular formula is C17H30N2O2. The van der Waals surface area contributed by atoms with Crippen LogP contribution in [0.25, 0.3) is 0 Å². The third-order valence-corrected chi connectivity index (χ3v) is 3.52. The quantitative estimate of drug-likeness (QED) is 0.425. The van der Waals surface area contributed by atoms with E-state index in [2.05, 4.69) is 30.1 Å². The second kappa shape index (κ2) is 10.6. The highest BCUT2D eigenvalue weighted by Gasteiger charge is 2.09. The lowest BCUT2D eigenvalue weighted by Crippen LogP contribution is -2.38. The highest BCUT2D eigenvalue weighted by Crippen LogP contribution is 2.06. The van der Waals surface area contributed by atoms with Crippen LogP contribution in [0.15, 0.2) is 23.3 Å². The Bertz CT molecular complexity index is 365. The number of ether oxygens (including phenoxy) is 1. The summed E-state index contributed by atoms with van der Waals surface area (Å²) in [6.45, 7) is 11.7. The number of nitrogens with one attached hydrogen (secondary N) is 1. The van der Waals surface area contributed by atoms with Crippen LogP contribution in [0.5, 0.6) is 0 Å². The maximum absolute atomic E-state index is 11.8. The molecule has 1 aliphatic heterocycles. The van der Waals surface area contributed by atoms with E-state index in [0.717, 1.165) is 64.2 Å². The fourth-order valence-corrected chi connectivity index (χ4v) is 2.27. The average molecular weight is 294 g/mol. The summed E-state index contributed by atoms with van der Waals surface area (Å²) in [7, 11) is 0. The second-order valence-corrected chi connectivity index (χ2v) is 5.91. The molecule has 1 aliphatic rings. The van der Waals surface area contributed by atoms with Crippen molar-refractivity contribution in [1.29, 1.82) is 0 Å². The fraction of sp³-hybridized carbons (Fsp3) is 0.706. The van der Waals surface area contributed by atoms with E-state index in [1.165, 1.54) is 5.57 Å². The molecule has 0 aromatic heterocycles. The van der Waals surface area contributed by atoms with Crippen molar-refractivity contribution < 1.29 is 9.53 Å². The van der Waals surface area contributed by atoms with Crippen LogP contribution in [-0.2, 0) is 9.53 Å². The van der Waals surface area contributed by atoms with Gasteiger partial charge in [0.25, 0.3) is 0 Å². The molecule has 0 unspecified atom stereocenters. The highest BCUT2D eigenvalue weighted by molar-refractivity contribution is 5.88. The first kappa shape index (κ1) is 17.9.